The van der Waals surface area contributed by atoms with Gasteiger partial charge in [0.05, 0.1) is 6.54 Å². The van der Waals surface area contributed by atoms with Crippen molar-refractivity contribution in [3.63, 3.8) is 0 Å². The first kappa shape index (κ1) is 51.4. The molecule has 9 atom stereocenters. The number of allylic oxidation sites excluding steroid dienone is 2. The number of ether oxygens (including phenoxy) is 2. The summed E-state index contributed by atoms with van der Waals surface area (Å²) < 4.78 is 11.8. The Morgan fingerprint density at radius 1 is 0.883 bits per heavy atom. The van der Waals surface area contributed by atoms with Crippen LogP contribution in [0.15, 0.2) is 47.6 Å². The number of likely N-dealkylation sites (N-methyl/N-ethyl adjacent to an activating group) is 2. The molecule has 3 N–H and O–H groups in total. The van der Waals surface area contributed by atoms with E-state index in [-0.39, 0.29) is 42.1 Å². The second-order valence-corrected chi connectivity index (χ2v) is 17.2. The normalized spacial score (nSPS) is 28.6. The fourth-order valence-corrected chi connectivity index (χ4v) is 6.84. The van der Waals surface area contributed by atoms with E-state index < -0.39 is 84.4 Å². The third-order valence-corrected chi connectivity index (χ3v) is 11.6. The smallest absolute Gasteiger partial charge is 0.334 e. The molecule has 0 radical (unpaired) electrons. The van der Waals surface area contributed by atoms with E-state index in [2.05, 4.69) is 16.0 Å². The first-order chi connectivity index (χ1) is 28.0. The maximum absolute atomic E-state index is 14.2. The number of rotatable bonds is 7. The first-order valence-corrected chi connectivity index (χ1v) is 21.3. The van der Waals surface area contributed by atoms with Crippen molar-refractivity contribution < 1.29 is 43.0 Å². The second-order valence-electron chi connectivity index (χ2n) is 16.8. The summed E-state index contributed by atoms with van der Waals surface area (Å²) in [4.78, 5) is 98.4. The molecule has 1 aliphatic rings. The van der Waals surface area contributed by atoms with Crippen molar-refractivity contribution in [1.82, 2.24) is 25.8 Å². The van der Waals surface area contributed by atoms with Gasteiger partial charge in [-0.3, -0.25) is 24.0 Å². The summed E-state index contributed by atoms with van der Waals surface area (Å²) in [6, 6.07) is 2.36. The maximum Gasteiger partial charge on any atom is 0.334 e. The number of carbonyl (C=O) groups excluding carboxylic acids is 7. The molecule has 0 bridgehead atoms. The number of amides is 5. The maximum atomic E-state index is 14.2. The highest BCUT2D eigenvalue weighted by molar-refractivity contribution is 6.30. The van der Waals surface area contributed by atoms with Crippen molar-refractivity contribution in [3.05, 3.63) is 58.1 Å². The second kappa shape index (κ2) is 23.9. The van der Waals surface area contributed by atoms with E-state index in [4.69, 9.17) is 21.1 Å². The Morgan fingerprint density at radius 3 is 2.05 bits per heavy atom. The summed E-state index contributed by atoms with van der Waals surface area (Å²) in [6.45, 7) is 19.1. The third kappa shape index (κ3) is 15.1. The highest BCUT2D eigenvalue weighted by Gasteiger charge is 2.36. The quantitative estimate of drug-likeness (QED) is 0.247. The Morgan fingerprint density at radius 2 is 1.48 bits per heavy atom. The zero-order valence-corrected chi connectivity index (χ0v) is 38.5. The van der Waals surface area contributed by atoms with Crippen LogP contribution in [0.3, 0.4) is 0 Å². The molecule has 15 heteroatoms. The Kier molecular flexibility index (Phi) is 20.5. The molecule has 14 nitrogen and oxygen atoms in total. The molecule has 0 saturated heterocycles. The molecule has 5 amide bonds. The van der Waals surface area contributed by atoms with E-state index in [1.165, 1.54) is 37.7 Å². The van der Waals surface area contributed by atoms with Crippen LogP contribution in [0.5, 0.6) is 0 Å². The van der Waals surface area contributed by atoms with E-state index in [9.17, 15) is 33.6 Å². The van der Waals surface area contributed by atoms with Crippen molar-refractivity contribution in [1.29, 1.82) is 0 Å². The molecule has 0 spiro atoms. The Labute approximate surface area is 361 Å². The lowest BCUT2D eigenvalue weighted by Gasteiger charge is -2.33. The minimum absolute atomic E-state index is 0.0434. The monoisotopic (exact) mass is 857 g/mol. The molecule has 1 aromatic carbocycles. The largest absolute Gasteiger partial charge is 0.456 e. The van der Waals surface area contributed by atoms with Crippen LogP contribution >= 0.6 is 11.6 Å². The summed E-state index contributed by atoms with van der Waals surface area (Å²) in [5.74, 6) is -5.16. The average Bonchev–Trinajstić information content (AvgIpc) is 3.20. The summed E-state index contributed by atoms with van der Waals surface area (Å²) in [5.41, 5.74) is 1.76. The van der Waals surface area contributed by atoms with E-state index in [1.807, 2.05) is 54.5 Å². The van der Waals surface area contributed by atoms with Crippen molar-refractivity contribution in [2.24, 2.45) is 23.7 Å². The Hall–Kier alpha value is -4.72. The summed E-state index contributed by atoms with van der Waals surface area (Å²) in [5, 5.41) is 8.62. The number of cyclic esters (lactones) is 2. The molecule has 0 aliphatic carbocycles. The zero-order valence-electron chi connectivity index (χ0n) is 37.7. The molecule has 60 heavy (non-hydrogen) atoms. The van der Waals surface area contributed by atoms with E-state index >= 15 is 0 Å². The summed E-state index contributed by atoms with van der Waals surface area (Å²) in [6.07, 6.45) is 2.87. The number of nitrogens with zero attached hydrogens (tertiary/aromatic N) is 2. The van der Waals surface area contributed by atoms with Crippen LogP contribution in [-0.4, -0.2) is 108 Å². The number of esters is 2. The van der Waals surface area contributed by atoms with Gasteiger partial charge in [-0.05, 0) is 94.4 Å². The number of halogens is 1. The van der Waals surface area contributed by atoms with Crippen molar-refractivity contribution >= 4 is 53.1 Å². The summed E-state index contributed by atoms with van der Waals surface area (Å²) >= 11 is 6.12. The Balaban J connectivity index is 2.63. The Bertz CT molecular complexity index is 1750. The molecule has 1 heterocycles. The molecule has 1 aromatic rings. The molecule has 2 rings (SSSR count). The average molecular weight is 859 g/mol. The van der Waals surface area contributed by atoms with E-state index in [0.29, 0.717) is 23.4 Å². The minimum Gasteiger partial charge on any atom is -0.456 e. The lowest BCUT2D eigenvalue weighted by Crippen LogP contribution is -2.57. The van der Waals surface area contributed by atoms with Crippen molar-refractivity contribution in [2.75, 3.05) is 20.6 Å². The highest BCUT2D eigenvalue weighted by Crippen LogP contribution is 2.27. The fraction of sp³-hybridized carbons (Fsp3) is 0.622. The van der Waals surface area contributed by atoms with Gasteiger partial charge >= 0.3 is 11.9 Å². The predicted octanol–water partition coefficient (Wildman–Crippen LogP) is 5.17. The molecule has 0 aromatic heterocycles. The van der Waals surface area contributed by atoms with E-state index in [0.717, 1.165) is 5.57 Å². The topological polar surface area (TPSA) is 181 Å². The number of hydrogen-bond acceptors (Lipinski definition) is 9. The van der Waals surface area contributed by atoms with Crippen LogP contribution in [0, 0.1) is 23.7 Å². The number of benzene rings is 1. The van der Waals surface area contributed by atoms with Gasteiger partial charge in [0.1, 0.15) is 30.3 Å². The number of nitrogens with one attached hydrogen (secondary N) is 3. The minimum atomic E-state index is -1.21. The third-order valence-electron chi connectivity index (χ3n) is 11.3. The fourth-order valence-electron chi connectivity index (χ4n) is 6.72. The molecule has 0 fully saturated rings. The van der Waals surface area contributed by atoms with Crippen molar-refractivity contribution in [2.45, 2.75) is 138 Å². The number of hydrogen-bond donors (Lipinski definition) is 3. The van der Waals surface area contributed by atoms with Crippen LogP contribution in [0.25, 0.3) is 0 Å². The predicted molar refractivity (Wildman–Crippen MR) is 231 cm³/mol. The zero-order chi connectivity index (χ0) is 45.6. The van der Waals surface area contributed by atoms with Gasteiger partial charge in [0.15, 0.2) is 6.10 Å². The molecule has 334 valence electrons. The molecule has 0 saturated carbocycles. The highest BCUT2D eigenvalue weighted by atomic mass is 35.5. The van der Waals surface area contributed by atoms with Crippen LogP contribution in [0.4, 0.5) is 0 Å². The lowest BCUT2D eigenvalue weighted by atomic mass is 9.84. The van der Waals surface area contributed by atoms with Gasteiger partial charge in [-0.15, -0.1) is 0 Å². The van der Waals surface area contributed by atoms with Gasteiger partial charge in [0.2, 0.25) is 23.6 Å². The van der Waals surface area contributed by atoms with Gasteiger partial charge in [-0.25, -0.2) is 9.59 Å². The molecular formula is C45H68ClN5O9. The molecule has 1 aliphatic heterocycles. The van der Waals surface area contributed by atoms with Gasteiger partial charge in [-0.1, -0.05) is 83.8 Å². The first-order valence-electron chi connectivity index (χ1n) is 20.9. The van der Waals surface area contributed by atoms with Crippen LogP contribution < -0.4 is 16.0 Å². The lowest BCUT2D eigenvalue weighted by molar-refractivity contribution is -0.154. The standard InChI is InChI=1S/C45H68ClN5O9/c1-14-26(5)38-41(54)48-32(11)45(58)60-39(27(6)15-2)30(9)28(7)16-17-29(8)44(57)59-36(22-25(3)4)40(53)47-31(10)42(55)51(13)35(23-33-18-20-34(46)21-19-33)43(56)50(12)24-37(52)49-38/h15,17-21,25-26,28,30-32,35-36,38-39H,14,16,22-24H2,1-13H3,(H,47,53)(H,48,54)(H,49,52)/b27-15+,29-17+/t26-,28+,30+,31+,32-,35-,36-,38+,39-/m1/s1. The van der Waals surface area contributed by atoms with Gasteiger partial charge in [0.25, 0.3) is 5.91 Å². The van der Waals surface area contributed by atoms with E-state index in [1.54, 1.807) is 44.2 Å². The van der Waals surface area contributed by atoms with Gasteiger partial charge in [-0.2, -0.15) is 0 Å². The molecule has 0 unspecified atom stereocenters. The van der Waals surface area contributed by atoms with Gasteiger partial charge in [0, 0.05) is 31.1 Å². The molecular weight excluding hydrogens is 790 g/mol. The van der Waals surface area contributed by atoms with Crippen LogP contribution in [0.2, 0.25) is 5.02 Å². The summed E-state index contributed by atoms with van der Waals surface area (Å²) in [7, 11) is 2.85. The van der Waals surface area contributed by atoms with Crippen LogP contribution in [-0.2, 0) is 49.5 Å². The van der Waals surface area contributed by atoms with Crippen molar-refractivity contribution in [3.8, 4) is 0 Å². The van der Waals surface area contributed by atoms with Crippen LogP contribution in [0.1, 0.15) is 101 Å². The van der Waals surface area contributed by atoms with Gasteiger partial charge < -0.3 is 35.2 Å². The number of carbonyl (C=O) groups is 7. The SMILES string of the molecule is C/C=C(\C)[C@H]1OC(=O)[C@@H](C)NC(=O)[C@H]([C@H](C)CC)NC(=O)CN(C)C(=O)[C@@H](Cc2ccc(Cl)cc2)N(C)C(=O)[C@H](C)NC(=O)[C@@H](CC(C)C)OC(=O)/C(C)=C/C[C@H](C)[C@@H]1C.